The predicted molar refractivity (Wildman–Crippen MR) is 60.5 cm³/mol. The zero-order chi connectivity index (χ0) is 10.2. The van der Waals surface area contributed by atoms with Crippen LogP contribution >= 0.6 is 0 Å². The second kappa shape index (κ2) is 7.24. The summed E-state index contributed by atoms with van der Waals surface area (Å²) in [5.41, 5.74) is 0. The van der Waals surface area contributed by atoms with Gasteiger partial charge in [-0.15, -0.1) is 0 Å². The van der Waals surface area contributed by atoms with Crippen molar-refractivity contribution in [3.63, 3.8) is 0 Å². The quantitative estimate of drug-likeness (QED) is 0.664. The summed E-state index contributed by atoms with van der Waals surface area (Å²) < 4.78 is 5.88. The number of hydrogen-bond donors (Lipinski definition) is 1. The molecule has 14 heavy (non-hydrogen) atoms. The highest BCUT2D eigenvalue weighted by Crippen LogP contribution is 2.25. The third-order valence-electron chi connectivity index (χ3n) is 3.07. The van der Waals surface area contributed by atoms with Gasteiger partial charge in [0.05, 0.1) is 12.7 Å². The molecule has 1 N–H and O–H groups in total. The fourth-order valence-corrected chi connectivity index (χ4v) is 2.11. The van der Waals surface area contributed by atoms with Crippen LogP contribution in [0.1, 0.15) is 46.0 Å². The highest BCUT2D eigenvalue weighted by Gasteiger charge is 2.21. The summed E-state index contributed by atoms with van der Waals surface area (Å²) in [5, 5.41) is 3.36. The van der Waals surface area contributed by atoms with Crippen LogP contribution in [-0.2, 0) is 4.74 Å². The van der Waals surface area contributed by atoms with Gasteiger partial charge in [0.1, 0.15) is 0 Å². The Hall–Kier alpha value is -0.0800. The molecule has 2 unspecified atom stereocenters. The average Bonchev–Trinajstić information content (AvgIpc) is 2.20. The molecule has 1 rings (SSSR count). The van der Waals surface area contributed by atoms with Crippen molar-refractivity contribution in [3.05, 3.63) is 0 Å². The smallest absolute Gasteiger partial charge is 0.0601 e. The van der Waals surface area contributed by atoms with Crippen LogP contribution < -0.4 is 5.32 Å². The van der Waals surface area contributed by atoms with Gasteiger partial charge in [-0.1, -0.05) is 26.7 Å². The SMILES string of the molecule is CCCNCCOC1CCCCC1C. The van der Waals surface area contributed by atoms with E-state index >= 15 is 0 Å². The molecule has 2 heteroatoms. The van der Waals surface area contributed by atoms with Gasteiger partial charge in [-0.3, -0.25) is 0 Å². The molecule has 0 bridgehead atoms. The van der Waals surface area contributed by atoms with Crippen LogP contribution in [0.5, 0.6) is 0 Å². The van der Waals surface area contributed by atoms with Crippen LogP contribution in [-0.4, -0.2) is 25.8 Å². The first-order valence-corrected chi connectivity index (χ1v) is 6.17. The van der Waals surface area contributed by atoms with Gasteiger partial charge in [-0.25, -0.2) is 0 Å². The molecule has 0 saturated heterocycles. The Morgan fingerprint density at radius 3 is 2.71 bits per heavy atom. The molecule has 1 saturated carbocycles. The van der Waals surface area contributed by atoms with E-state index in [0.29, 0.717) is 6.10 Å². The fraction of sp³-hybridized carbons (Fsp3) is 1.00. The largest absolute Gasteiger partial charge is 0.377 e. The second-order valence-corrected chi connectivity index (χ2v) is 4.42. The molecule has 0 aliphatic heterocycles. The van der Waals surface area contributed by atoms with Crippen LogP contribution in [0, 0.1) is 5.92 Å². The first-order valence-electron chi connectivity index (χ1n) is 6.17. The molecule has 1 aliphatic rings. The van der Waals surface area contributed by atoms with E-state index in [9.17, 15) is 0 Å². The average molecular weight is 199 g/mol. The Bertz CT molecular complexity index is 138. The van der Waals surface area contributed by atoms with Crippen LogP contribution in [0.15, 0.2) is 0 Å². The topological polar surface area (TPSA) is 21.3 Å². The minimum atomic E-state index is 0.534. The molecule has 0 aromatic carbocycles. The maximum Gasteiger partial charge on any atom is 0.0601 e. The standard InChI is InChI=1S/C12H25NO/c1-3-8-13-9-10-14-12-7-5-4-6-11(12)2/h11-13H,3-10H2,1-2H3. The fourth-order valence-electron chi connectivity index (χ4n) is 2.11. The van der Waals surface area contributed by atoms with Gasteiger partial charge in [-0.2, -0.15) is 0 Å². The van der Waals surface area contributed by atoms with Gasteiger partial charge in [0, 0.05) is 6.54 Å². The molecule has 0 radical (unpaired) electrons. The molecule has 1 fully saturated rings. The van der Waals surface area contributed by atoms with Crippen molar-refractivity contribution in [1.29, 1.82) is 0 Å². The van der Waals surface area contributed by atoms with Crippen molar-refractivity contribution in [2.45, 2.75) is 52.1 Å². The maximum atomic E-state index is 5.88. The van der Waals surface area contributed by atoms with Crippen LogP contribution in [0.25, 0.3) is 0 Å². The lowest BCUT2D eigenvalue weighted by atomic mass is 9.88. The van der Waals surface area contributed by atoms with E-state index < -0.39 is 0 Å². The predicted octanol–water partition coefficient (Wildman–Crippen LogP) is 2.58. The van der Waals surface area contributed by atoms with Crippen LogP contribution in [0.4, 0.5) is 0 Å². The molecule has 0 amide bonds. The summed E-state index contributed by atoms with van der Waals surface area (Å²) in [7, 11) is 0. The van der Waals surface area contributed by atoms with Crippen molar-refractivity contribution in [1.82, 2.24) is 5.32 Å². The molecule has 0 aromatic rings. The van der Waals surface area contributed by atoms with E-state index in [1.165, 1.54) is 32.1 Å². The Balaban J connectivity index is 1.99. The molecule has 2 nitrogen and oxygen atoms in total. The second-order valence-electron chi connectivity index (χ2n) is 4.42. The number of ether oxygens (including phenoxy) is 1. The van der Waals surface area contributed by atoms with E-state index in [2.05, 4.69) is 19.2 Å². The van der Waals surface area contributed by atoms with E-state index in [1.807, 2.05) is 0 Å². The van der Waals surface area contributed by atoms with Gasteiger partial charge in [0.2, 0.25) is 0 Å². The van der Waals surface area contributed by atoms with Crippen molar-refractivity contribution in [2.75, 3.05) is 19.7 Å². The van der Waals surface area contributed by atoms with Crippen molar-refractivity contribution in [2.24, 2.45) is 5.92 Å². The molecular weight excluding hydrogens is 174 g/mol. The summed E-state index contributed by atoms with van der Waals surface area (Å²) in [4.78, 5) is 0. The lowest BCUT2D eigenvalue weighted by Crippen LogP contribution is -2.29. The first kappa shape index (κ1) is 12.0. The monoisotopic (exact) mass is 199 g/mol. The summed E-state index contributed by atoms with van der Waals surface area (Å²) >= 11 is 0. The Morgan fingerprint density at radius 1 is 1.21 bits per heavy atom. The summed E-state index contributed by atoms with van der Waals surface area (Å²) in [6.07, 6.45) is 7.13. The van der Waals surface area contributed by atoms with Gasteiger partial charge in [-0.05, 0) is 31.7 Å². The van der Waals surface area contributed by atoms with Crippen LogP contribution in [0.2, 0.25) is 0 Å². The normalized spacial score (nSPS) is 27.9. The Kier molecular flexibility index (Phi) is 6.20. The summed E-state index contributed by atoms with van der Waals surface area (Å²) in [5.74, 6) is 0.773. The third kappa shape index (κ3) is 4.43. The number of rotatable bonds is 6. The molecule has 0 spiro atoms. The van der Waals surface area contributed by atoms with E-state index in [-0.39, 0.29) is 0 Å². The highest BCUT2D eigenvalue weighted by atomic mass is 16.5. The molecule has 1 aliphatic carbocycles. The van der Waals surface area contributed by atoms with Crippen molar-refractivity contribution < 1.29 is 4.74 Å². The third-order valence-corrected chi connectivity index (χ3v) is 3.07. The zero-order valence-electron chi connectivity index (χ0n) is 9.72. The lowest BCUT2D eigenvalue weighted by molar-refractivity contribution is -0.00308. The first-order chi connectivity index (χ1) is 6.84. The van der Waals surface area contributed by atoms with Crippen molar-refractivity contribution >= 4 is 0 Å². The number of hydrogen-bond acceptors (Lipinski definition) is 2. The van der Waals surface area contributed by atoms with E-state index in [0.717, 1.165) is 25.6 Å². The molecule has 2 atom stereocenters. The Morgan fingerprint density at radius 2 is 2.00 bits per heavy atom. The minimum Gasteiger partial charge on any atom is -0.377 e. The minimum absolute atomic E-state index is 0.534. The Labute approximate surface area is 88.4 Å². The van der Waals surface area contributed by atoms with E-state index in [1.54, 1.807) is 0 Å². The molecular formula is C12H25NO. The summed E-state index contributed by atoms with van der Waals surface area (Å²) in [6.45, 7) is 7.52. The van der Waals surface area contributed by atoms with E-state index in [4.69, 9.17) is 4.74 Å². The molecule has 84 valence electrons. The van der Waals surface area contributed by atoms with Gasteiger partial charge < -0.3 is 10.1 Å². The van der Waals surface area contributed by atoms with Gasteiger partial charge >= 0.3 is 0 Å². The summed E-state index contributed by atoms with van der Waals surface area (Å²) in [6, 6.07) is 0. The lowest BCUT2D eigenvalue weighted by Gasteiger charge is -2.28. The number of nitrogens with one attached hydrogen (secondary N) is 1. The van der Waals surface area contributed by atoms with Crippen molar-refractivity contribution in [3.8, 4) is 0 Å². The molecule has 0 aromatic heterocycles. The zero-order valence-corrected chi connectivity index (χ0v) is 9.72. The van der Waals surface area contributed by atoms with Gasteiger partial charge in [0.25, 0.3) is 0 Å². The highest BCUT2D eigenvalue weighted by molar-refractivity contribution is 4.72. The molecule has 0 heterocycles. The van der Waals surface area contributed by atoms with Crippen LogP contribution in [0.3, 0.4) is 0 Å². The maximum absolute atomic E-state index is 5.88. The van der Waals surface area contributed by atoms with Gasteiger partial charge in [0.15, 0.2) is 0 Å².